The lowest BCUT2D eigenvalue weighted by Crippen LogP contribution is -2.28. The molecular weight excluding hydrogens is 546 g/mol. The average Bonchev–Trinajstić information content (AvgIpc) is 3.58. The van der Waals surface area contributed by atoms with Crippen LogP contribution >= 0.6 is 22.9 Å². The number of thiophene rings is 1. The number of ether oxygens (including phenoxy) is 1. The molecule has 0 saturated carbocycles. The van der Waals surface area contributed by atoms with E-state index in [1.165, 1.54) is 33.8 Å². The Morgan fingerprint density at radius 3 is 2.37 bits per heavy atom. The van der Waals surface area contributed by atoms with E-state index in [0.717, 1.165) is 49.0 Å². The first-order valence-corrected chi connectivity index (χ1v) is 15.1. The van der Waals surface area contributed by atoms with Gasteiger partial charge in [0.1, 0.15) is 15.6 Å². The summed E-state index contributed by atoms with van der Waals surface area (Å²) in [5.74, 6) is -0.132. The number of hydrogen-bond acceptors (Lipinski definition) is 6. The van der Waals surface area contributed by atoms with Gasteiger partial charge >= 0.3 is 0 Å². The van der Waals surface area contributed by atoms with Gasteiger partial charge in [-0.3, -0.25) is 9.59 Å². The van der Waals surface area contributed by atoms with Crippen LogP contribution in [0.25, 0.3) is 0 Å². The number of carbonyl (C=O) groups is 2. The van der Waals surface area contributed by atoms with Crippen LogP contribution in [0, 0.1) is 0 Å². The number of sulfonamides is 1. The molecule has 1 saturated heterocycles. The summed E-state index contributed by atoms with van der Waals surface area (Å²) in [4.78, 5) is 27.8. The predicted octanol–water partition coefficient (Wildman–Crippen LogP) is 5.58. The van der Waals surface area contributed by atoms with Crippen molar-refractivity contribution in [1.82, 2.24) is 4.31 Å². The average molecular weight is 574 g/mol. The summed E-state index contributed by atoms with van der Waals surface area (Å²) in [5.41, 5.74) is 2.17. The number of methoxy groups -OCH3 is 1. The van der Waals surface area contributed by atoms with Crippen LogP contribution in [0.1, 0.15) is 56.8 Å². The lowest BCUT2D eigenvalue weighted by atomic mass is 9.95. The Balaban J connectivity index is 1.43. The van der Waals surface area contributed by atoms with Gasteiger partial charge < -0.3 is 15.4 Å². The Labute approximate surface area is 231 Å². The minimum absolute atomic E-state index is 0.0691. The zero-order chi connectivity index (χ0) is 26.9. The molecule has 11 heteroatoms. The van der Waals surface area contributed by atoms with Crippen molar-refractivity contribution in [2.75, 3.05) is 30.8 Å². The third-order valence-corrected chi connectivity index (χ3v) is 10.4. The van der Waals surface area contributed by atoms with Gasteiger partial charge in [-0.05, 0) is 86.6 Å². The fourth-order valence-corrected chi connectivity index (χ4v) is 8.15. The monoisotopic (exact) mass is 573 g/mol. The lowest BCUT2D eigenvalue weighted by Gasteiger charge is -2.17. The molecule has 2 aliphatic rings. The van der Waals surface area contributed by atoms with Crippen LogP contribution in [-0.2, 0) is 22.9 Å². The summed E-state index contributed by atoms with van der Waals surface area (Å²) < 4.78 is 32.8. The summed E-state index contributed by atoms with van der Waals surface area (Å²) in [6, 6.07) is 11.3. The third-order valence-electron chi connectivity index (χ3n) is 6.85. The number of anilines is 2. The fraction of sp³-hybridized carbons (Fsp3) is 0.333. The summed E-state index contributed by atoms with van der Waals surface area (Å²) >= 11 is 7.66. The van der Waals surface area contributed by atoms with Crippen molar-refractivity contribution in [1.29, 1.82) is 0 Å². The minimum atomic E-state index is -3.81. The Bertz CT molecular complexity index is 1480. The molecule has 0 unspecified atom stereocenters. The van der Waals surface area contributed by atoms with Crippen LogP contribution in [0.4, 0.5) is 10.7 Å². The first-order chi connectivity index (χ1) is 18.3. The standard InChI is InChI=1S/C27H28ClN3O5S2/c1-36-19-11-9-18(10-12-19)29-26(33)24-20-6-2-3-7-22(20)37-27(24)30-25(32)17-8-13-21(28)23(16-17)38(34,35)31-14-4-5-15-31/h8-13,16H,2-7,14-15H2,1H3,(H,29,33)(H,30,32). The van der Waals surface area contributed by atoms with Crippen LogP contribution < -0.4 is 15.4 Å². The molecule has 1 aliphatic heterocycles. The molecule has 2 amide bonds. The normalized spacial score (nSPS) is 15.6. The molecule has 0 radical (unpaired) electrons. The van der Waals surface area contributed by atoms with Crippen LogP contribution in [-0.4, -0.2) is 44.7 Å². The largest absolute Gasteiger partial charge is 0.497 e. The van der Waals surface area contributed by atoms with Crippen LogP contribution in [0.5, 0.6) is 5.75 Å². The van der Waals surface area contributed by atoms with E-state index in [1.54, 1.807) is 31.4 Å². The molecule has 0 bridgehead atoms. The molecule has 0 atom stereocenters. The molecule has 200 valence electrons. The molecule has 1 fully saturated rings. The van der Waals surface area contributed by atoms with E-state index in [-0.39, 0.29) is 21.4 Å². The Morgan fingerprint density at radius 1 is 0.947 bits per heavy atom. The van der Waals surface area contributed by atoms with Crippen molar-refractivity contribution < 1.29 is 22.7 Å². The highest BCUT2D eigenvalue weighted by atomic mass is 35.5. The molecule has 2 heterocycles. The van der Waals surface area contributed by atoms with E-state index >= 15 is 0 Å². The second-order valence-corrected chi connectivity index (χ2v) is 12.7. The number of amides is 2. The van der Waals surface area contributed by atoms with Gasteiger partial charge in [0, 0.05) is 29.2 Å². The summed E-state index contributed by atoms with van der Waals surface area (Å²) in [5, 5.41) is 6.33. The maximum Gasteiger partial charge on any atom is 0.258 e. The topological polar surface area (TPSA) is 105 Å². The number of benzene rings is 2. The van der Waals surface area contributed by atoms with Gasteiger partial charge in [0.05, 0.1) is 17.7 Å². The van der Waals surface area contributed by atoms with Gasteiger partial charge in [-0.1, -0.05) is 11.6 Å². The molecule has 1 aromatic heterocycles. The van der Waals surface area contributed by atoms with Crippen molar-refractivity contribution >= 4 is 55.5 Å². The lowest BCUT2D eigenvalue weighted by molar-refractivity contribution is 0.102. The SMILES string of the molecule is COc1ccc(NC(=O)c2c(NC(=O)c3ccc(Cl)c(S(=O)(=O)N4CCCC4)c3)sc3c2CCCC3)cc1. The van der Waals surface area contributed by atoms with Crippen LogP contribution in [0.15, 0.2) is 47.4 Å². The minimum Gasteiger partial charge on any atom is -0.497 e. The molecular formula is C27H28ClN3O5S2. The molecule has 8 nitrogen and oxygen atoms in total. The number of halogens is 1. The highest BCUT2D eigenvalue weighted by molar-refractivity contribution is 7.89. The fourth-order valence-electron chi connectivity index (χ4n) is 4.85. The number of aryl methyl sites for hydroxylation is 1. The van der Waals surface area contributed by atoms with Gasteiger partial charge in [0.25, 0.3) is 11.8 Å². The van der Waals surface area contributed by atoms with E-state index in [1.807, 2.05) is 0 Å². The number of fused-ring (bicyclic) bond motifs is 1. The Kier molecular flexibility index (Phi) is 7.76. The van der Waals surface area contributed by atoms with Gasteiger partial charge in [0.2, 0.25) is 10.0 Å². The van der Waals surface area contributed by atoms with Crippen molar-refractivity contribution in [2.24, 2.45) is 0 Å². The summed E-state index contributed by atoms with van der Waals surface area (Å²) in [6.45, 7) is 0.866. The maximum absolute atomic E-state index is 13.4. The molecule has 5 rings (SSSR count). The van der Waals surface area contributed by atoms with Crippen molar-refractivity contribution in [3.8, 4) is 5.75 Å². The smallest absolute Gasteiger partial charge is 0.258 e. The van der Waals surface area contributed by atoms with Crippen molar-refractivity contribution in [3.05, 3.63) is 69.1 Å². The molecule has 2 aromatic carbocycles. The molecule has 1 aliphatic carbocycles. The molecule has 0 spiro atoms. The van der Waals surface area contributed by atoms with Gasteiger partial charge in [-0.25, -0.2) is 8.42 Å². The first-order valence-electron chi connectivity index (χ1n) is 12.5. The Hall–Kier alpha value is -2.92. The zero-order valence-corrected chi connectivity index (χ0v) is 23.3. The van der Waals surface area contributed by atoms with E-state index < -0.39 is 15.9 Å². The quantitative estimate of drug-likeness (QED) is 0.384. The van der Waals surface area contributed by atoms with Crippen LogP contribution in [0.2, 0.25) is 5.02 Å². The Morgan fingerprint density at radius 2 is 1.66 bits per heavy atom. The van der Waals surface area contributed by atoms with Gasteiger partial charge in [-0.2, -0.15) is 4.31 Å². The molecule has 38 heavy (non-hydrogen) atoms. The van der Waals surface area contributed by atoms with Crippen molar-refractivity contribution in [3.63, 3.8) is 0 Å². The predicted molar refractivity (Wildman–Crippen MR) is 149 cm³/mol. The number of nitrogens with zero attached hydrogens (tertiary/aromatic N) is 1. The second kappa shape index (κ2) is 11.1. The number of nitrogens with one attached hydrogen (secondary N) is 2. The number of carbonyl (C=O) groups excluding carboxylic acids is 2. The maximum atomic E-state index is 13.4. The summed E-state index contributed by atoms with van der Waals surface area (Å²) in [7, 11) is -2.24. The highest BCUT2D eigenvalue weighted by Crippen LogP contribution is 2.39. The molecule has 2 N–H and O–H groups in total. The summed E-state index contributed by atoms with van der Waals surface area (Å²) in [6.07, 6.45) is 5.18. The van der Waals surface area contributed by atoms with E-state index in [0.29, 0.717) is 35.1 Å². The van der Waals surface area contributed by atoms with E-state index in [2.05, 4.69) is 10.6 Å². The molecule has 3 aromatic rings. The van der Waals surface area contributed by atoms with Gasteiger partial charge in [-0.15, -0.1) is 11.3 Å². The van der Waals surface area contributed by atoms with Crippen LogP contribution in [0.3, 0.4) is 0 Å². The van der Waals surface area contributed by atoms with Crippen molar-refractivity contribution in [2.45, 2.75) is 43.4 Å². The van der Waals surface area contributed by atoms with E-state index in [4.69, 9.17) is 16.3 Å². The first kappa shape index (κ1) is 26.7. The van der Waals surface area contributed by atoms with E-state index in [9.17, 15) is 18.0 Å². The number of rotatable bonds is 7. The van der Waals surface area contributed by atoms with Gasteiger partial charge in [0.15, 0.2) is 0 Å². The number of hydrogen-bond donors (Lipinski definition) is 2. The third kappa shape index (κ3) is 5.31. The zero-order valence-electron chi connectivity index (χ0n) is 20.9. The second-order valence-electron chi connectivity index (χ2n) is 9.31. The highest BCUT2D eigenvalue weighted by Gasteiger charge is 2.31.